The Morgan fingerprint density at radius 2 is 1.94 bits per heavy atom. The van der Waals surface area contributed by atoms with Crippen LogP contribution in [-0.4, -0.2) is 29.6 Å². The summed E-state index contributed by atoms with van der Waals surface area (Å²) in [5.41, 5.74) is 6.54. The number of hydrogen-bond acceptors (Lipinski definition) is 2. The SMILES string of the molecule is CC1CCCC(CN)(N2CCCCCC2C)C1. The standard InChI is InChI=1S/C15H30N2/c1-13-7-6-9-15(11-13,12-16)17-10-5-3-4-8-14(17)2/h13-14H,3-12,16H2,1-2H3. The van der Waals surface area contributed by atoms with Crippen LogP contribution in [0.25, 0.3) is 0 Å². The van der Waals surface area contributed by atoms with Crippen LogP contribution in [0.1, 0.15) is 65.2 Å². The lowest BCUT2D eigenvalue weighted by atomic mass is 9.74. The van der Waals surface area contributed by atoms with E-state index < -0.39 is 0 Å². The molecule has 0 radical (unpaired) electrons. The lowest BCUT2D eigenvalue weighted by Gasteiger charge is -2.50. The summed E-state index contributed by atoms with van der Waals surface area (Å²) in [5, 5.41) is 0. The van der Waals surface area contributed by atoms with Crippen LogP contribution in [0.3, 0.4) is 0 Å². The van der Waals surface area contributed by atoms with Gasteiger partial charge in [-0.3, -0.25) is 4.90 Å². The van der Waals surface area contributed by atoms with Gasteiger partial charge < -0.3 is 5.73 Å². The summed E-state index contributed by atoms with van der Waals surface area (Å²) >= 11 is 0. The third kappa shape index (κ3) is 2.85. The summed E-state index contributed by atoms with van der Waals surface area (Å²) in [7, 11) is 0. The monoisotopic (exact) mass is 238 g/mol. The van der Waals surface area contributed by atoms with Crippen LogP contribution < -0.4 is 5.73 Å². The molecule has 0 amide bonds. The van der Waals surface area contributed by atoms with Crippen molar-refractivity contribution in [1.82, 2.24) is 4.90 Å². The summed E-state index contributed by atoms with van der Waals surface area (Å²) in [6, 6.07) is 0.742. The zero-order valence-electron chi connectivity index (χ0n) is 11.8. The largest absolute Gasteiger partial charge is 0.329 e. The first-order valence-corrected chi connectivity index (χ1v) is 7.65. The van der Waals surface area contributed by atoms with Crippen molar-refractivity contribution in [1.29, 1.82) is 0 Å². The van der Waals surface area contributed by atoms with E-state index in [1.807, 2.05) is 0 Å². The first-order chi connectivity index (χ1) is 8.18. The molecule has 2 fully saturated rings. The molecule has 1 saturated carbocycles. The van der Waals surface area contributed by atoms with Gasteiger partial charge in [-0.1, -0.05) is 32.6 Å². The molecule has 2 N–H and O–H groups in total. The fourth-order valence-electron chi connectivity index (χ4n) is 4.18. The van der Waals surface area contributed by atoms with Gasteiger partial charge in [0, 0.05) is 18.1 Å². The van der Waals surface area contributed by atoms with Crippen LogP contribution in [0, 0.1) is 5.92 Å². The minimum Gasteiger partial charge on any atom is -0.329 e. The zero-order chi connectivity index (χ0) is 12.3. The van der Waals surface area contributed by atoms with Crippen LogP contribution in [-0.2, 0) is 0 Å². The van der Waals surface area contributed by atoms with E-state index in [0.717, 1.165) is 18.5 Å². The van der Waals surface area contributed by atoms with Crippen molar-refractivity contribution >= 4 is 0 Å². The van der Waals surface area contributed by atoms with Crippen LogP contribution in [0.4, 0.5) is 0 Å². The molecule has 2 aliphatic rings. The van der Waals surface area contributed by atoms with Gasteiger partial charge in [-0.2, -0.15) is 0 Å². The number of hydrogen-bond donors (Lipinski definition) is 1. The molecule has 0 aromatic carbocycles. The van der Waals surface area contributed by atoms with Crippen LogP contribution >= 0.6 is 0 Å². The van der Waals surface area contributed by atoms with Crippen molar-refractivity contribution < 1.29 is 0 Å². The van der Waals surface area contributed by atoms with E-state index >= 15 is 0 Å². The Labute approximate surface area is 107 Å². The molecular formula is C15H30N2. The predicted octanol–water partition coefficient (Wildman–Crippen LogP) is 3.16. The van der Waals surface area contributed by atoms with E-state index in [0.29, 0.717) is 5.54 Å². The van der Waals surface area contributed by atoms with Gasteiger partial charge >= 0.3 is 0 Å². The minimum atomic E-state index is 0.335. The lowest BCUT2D eigenvalue weighted by Crippen LogP contribution is -2.59. The van der Waals surface area contributed by atoms with Gasteiger partial charge in [0.15, 0.2) is 0 Å². The highest BCUT2D eigenvalue weighted by Gasteiger charge is 2.41. The molecule has 17 heavy (non-hydrogen) atoms. The summed E-state index contributed by atoms with van der Waals surface area (Å²) < 4.78 is 0. The van der Waals surface area contributed by atoms with E-state index in [1.165, 1.54) is 57.9 Å². The average molecular weight is 238 g/mol. The summed E-state index contributed by atoms with van der Waals surface area (Å²) in [5.74, 6) is 0.864. The molecule has 0 bridgehead atoms. The topological polar surface area (TPSA) is 29.3 Å². The molecule has 1 saturated heterocycles. The lowest BCUT2D eigenvalue weighted by molar-refractivity contribution is 0.0118. The third-order valence-electron chi connectivity index (χ3n) is 5.11. The molecule has 2 heteroatoms. The van der Waals surface area contributed by atoms with Crippen LogP contribution in [0.15, 0.2) is 0 Å². The van der Waals surface area contributed by atoms with Gasteiger partial charge in [-0.05, 0) is 45.1 Å². The number of likely N-dealkylation sites (tertiary alicyclic amines) is 1. The van der Waals surface area contributed by atoms with Crippen molar-refractivity contribution in [2.24, 2.45) is 11.7 Å². The van der Waals surface area contributed by atoms with Gasteiger partial charge in [0.2, 0.25) is 0 Å². The van der Waals surface area contributed by atoms with Crippen molar-refractivity contribution in [2.45, 2.75) is 76.8 Å². The molecule has 100 valence electrons. The van der Waals surface area contributed by atoms with E-state index in [4.69, 9.17) is 5.73 Å². The highest BCUT2D eigenvalue weighted by molar-refractivity contribution is 4.98. The molecule has 3 atom stereocenters. The summed E-state index contributed by atoms with van der Waals surface area (Å²) in [6.45, 7) is 6.97. The Balaban J connectivity index is 2.14. The number of nitrogens with two attached hydrogens (primary N) is 1. The zero-order valence-corrected chi connectivity index (χ0v) is 11.8. The molecule has 0 aromatic heterocycles. The first kappa shape index (κ1) is 13.4. The Morgan fingerprint density at radius 1 is 1.12 bits per heavy atom. The van der Waals surface area contributed by atoms with Gasteiger partial charge in [0.1, 0.15) is 0 Å². The van der Waals surface area contributed by atoms with Gasteiger partial charge in [0.25, 0.3) is 0 Å². The van der Waals surface area contributed by atoms with Gasteiger partial charge in [0.05, 0.1) is 0 Å². The predicted molar refractivity (Wildman–Crippen MR) is 74.1 cm³/mol. The van der Waals surface area contributed by atoms with Crippen molar-refractivity contribution in [3.8, 4) is 0 Å². The third-order valence-corrected chi connectivity index (χ3v) is 5.11. The Bertz CT molecular complexity index is 241. The van der Waals surface area contributed by atoms with Crippen molar-refractivity contribution in [3.05, 3.63) is 0 Å². The molecule has 2 nitrogen and oxygen atoms in total. The van der Waals surface area contributed by atoms with Crippen LogP contribution in [0.5, 0.6) is 0 Å². The molecular weight excluding hydrogens is 208 g/mol. The summed E-state index contributed by atoms with van der Waals surface area (Å²) in [4.78, 5) is 2.79. The van der Waals surface area contributed by atoms with Gasteiger partial charge in [-0.25, -0.2) is 0 Å². The maximum atomic E-state index is 6.20. The maximum Gasteiger partial charge on any atom is 0.0337 e. The van der Waals surface area contributed by atoms with E-state index in [9.17, 15) is 0 Å². The second-order valence-corrected chi connectivity index (χ2v) is 6.52. The summed E-state index contributed by atoms with van der Waals surface area (Å²) in [6.07, 6.45) is 11.0. The second kappa shape index (κ2) is 5.71. The number of nitrogens with zero attached hydrogens (tertiary/aromatic N) is 1. The quantitative estimate of drug-likeness (QED) is 0.800. The highest BCUT2D eigenvalue weighted by Crippen LogP contribution is 2.38. The molecule has 0 aromatic rings. The van der Waals surface area contributed by atoms with E-state index in [1.54, 1.807) is 0 Å². The Kier molecular flexibility index (Phi) is 4.48. The van der Waals surface area contributed by atoms with E-state index in [2.05, 4.69) is 18.7 Å². The van der Waals surface area contributed by atoms with Gasteiger partial charge in [-0.15, -0.1) is 0 Å². The fourth-order valence-corrected chi connectivity index (χ4v) is 4.18. The minimum absolute atomic E-state index is 0.335. The highest BCUT2D eigenvalue weighted by atomic mass is 15.2. The van der Waals surface area contributed by atoms with E-state index in [-0.39, 0.29) is 0 Å². The molecule has 1 heterocycles. The molecule has 1 aliphatic heterocycles. The average Bonchev–Trinajstić information content (AvgIpc) is 2.54. The van der Waals surface area contributed by atoms with Crippen molar-refractivity contribution in [3.63, 3.8) is 0 Å². The Morgan fingerprint density at radius 3 is 2.65 bits per heavy atom. The molecule has 0 spiro atoms. The van der Waals surface area contributed by atoms with Crippen LogP contribution in [0.2, 0.25) is 0 Å². The fraction of sp³-hybridized carbons (Fsp3) is 1.00. The maximum absolute atomic E-state index is 6.20. The van der Waals surface area contributed by atoms with Crippen molar-refractivity contribution in [2.75, 3.05) is 13.1 Å². The first-order valence-electron chi connectivity index (χ1n) is 7.65. The molecule has 1 aliphatic carbocycles. The smallest absolute Gasteiger partial charge is 0.0337 e. The second-order valence-electron chi connectivity index (χ2n) is 6.52. The Hall–Kier alpha value is -0.0800. The normalized spacial score (nSPS) is 41.1. The number of rotatable bonds is 2. The molecule has 3 unspecified atom stereocenters. The molecule has 2 rings (SSSR count).